The average Bonchev–Trinajstić information content (AvgIpc) is 3.32. The summed E-state index contributed by atoms with van der Waals surface area (Å²) in [5, 5.41) is 3.75. The van der Waals surface area contributed by atoms with Crippen LogP contribution >= 0.6 is 0 Å². The summed E-state index contributed by atoms with van der Waals surface area (Å²) in [6.45, 7) is 3.58. The fourth-order valence-electron chi connectivity index (χ4n) is 3.98. The van der Waals surface area contributed by atoms with Gasteiger partial charge in [0.1, 0.15) is 23.6 Å². The molecule has 5 aromatic rings. The molecular weight excluding hydrogens is 476 g/mol. The van der Waals surface area contributed by atoms with Crippen LogP contribution in [0.3, 0.4) is 0 Å². The number of benzene rings is 2. The fourth-order valence-corrected chi connectivity index (χ4v) is 3.98. The number of para-hydroxylation sites is 1. The van der Waals surface area contributed by atoms with Crippen molar-refractivity contribution in [1.29, 1.82) is 0 Å². The third-order valence-corrected chi connectivity index (χ3v) is 5.64. The normalized spacial score (nSPS) is 11.0. The lowest BCUT2D eigenvalue weighted by Gasteiger charge is -2.11. The number of fused-ring (bicyclic) bond motifs is 2. The highest BCUT2D eigenvalue weighted by Crippen LogP contribution is 2.28. The van der Waals surface area contributed by atoms with E-state index in [0.29, 0.717) is 44.6 Å². The second-order valence-corrected chi connectivity index (χ2v) is 8.21. The van der Waals surface area contributed by atoms with Gasteiger partial charge in [0.05, 0.1) is 17.7 Å². The summed E-state index contributed by atoms with van der Waals surface area (Å²) in [5.74, 6) is 0.686. The number of carbonyl (C=O) groups is 2. The van der Waals surface area contributed by atoms with E-state index in [9.17, 15) is 14.4 Å². The first kappa shape index (κ1) is 23.8. The lowest BCUT2D eigenvalue weighted by molar-refractivity contribution is 0.0476. The molecule has 5 rings (SSSR count). The molecule has 0 bridgehead atoms. The number of amides is 1. The number of carbonyl (C=O) groups excluding carboxylic acids is 2. The van der Waals surface area contributed by atoms with Gasteiger partial charge in [-0.3, -0.25) is 5.32 Å². The quantitative estimate of drug-likeness (QED) is 0.229. The maximum absolute atomic E-state index is 13.2. The maximum Gasteiger partial charge on any atom is 0.411 e. The minimum absolute atomic E-state index is 0.169. The molecule has 3 heterocycles. The number of hydrogen-bond acceptors (Lipinski definition) is 8. The van der Waals surface area contributed by atoms with Crippen molar-refractivity contribution in [3.8, 4) is 11.5 Å². The van der Waals surface area contributed by atoms with Gasteiger partial charge in [-0.15, -0.1) is 0 Å². The Hall–Kier alpha value is -4.92. The Morgan fingerprint density at radius 1 is 0.946 bits per heavy atom. The van der Waals surface area contributed by atoms with Crippen molar-refractivity contribution in [2.24, 2.45) is 0 Å². The molecule has 9 heteroatoms. The van der Waals surface area contributed by atoms with Crippen molar-refractivity contribution in [3.05, 3.63) is 94.0 Å². The summed E-state index contributed by atoms with van der Waals surface area (Å²) in [5.41, 5.74) is 1.92. The summed E-state index contributed by atoms with van der Waals surface area (Å²) in [6, 6.07) is 18.6. The Labute approximate surface area is 210 Å². The molecule has 0 spiro atoms. The van der Waals surface area contributed by atoms with Crippen LogP contribution in [0.15, 0.2) is 80.4 Å². The van der Waals surface area contributed by atoms with E-state index < -0.39 is 17.7 Å². The minimum atomic E-state index is -0.622. The third-order valence-electron chi connectivity index (χ3n) is 5.64. The largest absolute Gasteiger partial charge is 0.460 e. The van der Waals surface area contributed by atoms with E-state index in [-0.39, 0.29) is 18.8 Å². The zero-order valence-corrected chi connectivity index (χ0v) is 20.1. The first-order valence-corrected chi connectivity index (χ1v) is 11.6. The van der Waals surface area contributed by atoms with Gasteiger partial charge in [0.15, 0.2) is 5.76 Å². The Bertz CT molecular complexity index is 1700. The molecule has 0 aliphatic rings. The molecule has 9 nitrogen and oxygen atoms in total. The standard InChI is InChI=1S/C28H22N2O7/c1-3-34-28(33)29-18-9-10-19-17(12-26(31)37-25(19)13-18)15-35-27(32)21-14-23(24-11-8-16(2)36-24)30-22-7-5-4-6-20(21)22/h4-14H,3,15H2,1-2H3,(H,29,33). The van der Waals surface area contributed by atoms with Gasteiger partial charge in [0.25, 0.3) is 0 Å². The van der Waals surface area contributed by atoms with Crippen LogP contribution in [0, 0.1) is 6.92 Å². The van der Waals surface area contributed by atoms with Crippen molar-refractivity contribution in [2.75, 3.05) is 11.9 Å². The number of hydrogen-bond donors (Lipinski definition) is 1. The van der Waals surface area contributed by atoms with E-state index in [2.05, 4.69) is 10.3 Å². The summed E-state index contributed by atoms with van der Waals surface area (Å²) < 4.78 is 21.5. The predicted octanol–water partition coefficient (Wildman–Crippen LogP) is 5.84. The predicted molar refractivity (Wildman–Crippen MR) is 136 cm³/mol. The average molecular weight is 498 g/mol. The second kappa shape index (κ2) is 9.98. The van der Waals surface area contributed by atoms with Crippen molar-refractivity contribution >= 4 is 39.6 Å². The van der Waals surface area contributed by atoms with Gasteiger partial charge >= 0.3 is 17.7 Å². The van der Waals surface area contributed by atoms with Gasteiger partial charge in [0, 0.05) is 34.2 Å². The molecule has 0 radical (unpaired) electrons. The van der Waals surface area contributed by atoms with Crippen LogP contribution in [0.4, 0.5) is 10.5 Å². The maximum atomic E-state index is 13.2. The molecule has 0 atom stereocenters. The first-order valence-electron chi connectivity index (χ1n) is 11.6. The number of rotatable bonds is 6. The molecule has 186 valence electrons. The molecule has 37 heavy (non-hydrogen) atoms. The number of pyridine rings is 1. The highest BCUT2D eigenvalue weighted by molar-refractivity contribution is 6.04. The molecule has 1 N–H and O–H groups in total. The zero-order chi connectivity index (χ0) is 25.9. The number of aryl methyl sites for hydroxylation is 1. The van der Waals surface area contributed by atoms with E-state index >= 15 is 0 Å². The number of ether oxygens (including phenoxy) is 2. The van der Waals surface area contributed by atoms with Crippen molar-refractivity contribution in [2.45, 2.75) is 20.5 Å². The minimum Gasteiger partial charge on any atom is -0.460 e. The topological polar surface area (TPSA) is 121 Å². The number of esters is 1. The molecule has 1 amide bonds. The number of nitrogens with one attached hydrogen (secondary N) is 1. The van der Waals surface area contributed by atoms with Crippen molar-refractivity contribution in [1.82, 2.24) is 4.98 Å². The molecule has 2 aromatic carbocycles. The number of aromatic nitrogens is 1. The summed E-state index contributed by atoms with van der Waals surface area (Å²) >= 11 is 0. The Morgan fingerprint density at radius 2 is 1.78 bits per heavy atom. The molecule has 0 unspecified atom stereocenters. The third kappa shape index (κ3) is 5.06. The van der Waals surface area contributed by atoms with E-state index in [0.717, 1.165) is 5.76 Å². The van der Waals surface area contributed by atoms with Crippen LogP contribution < -0.4 is 10.9 Å². The number of anilines is 1. The second-order valence-electron chi connectivity index (χ2n) is 8.21. The molecule has 0 saturated carbocycles. The lowest BCUT2D eigenvalue weighted by atomic mass is 10.1. The molecule has 0 aliphatic heterocycles. The van der Waals surface area contributed by atoms with Crippen LogP contribution in [-0.4, -0.2) is 23.7 Å². The molecule has 0 fully saturated rings. The monoisotopic (exact) mass is 498 g/mol. The highest BCUT2D eigenvalue weighted by Gasteiger charge is 2.18. The lowest BCUT2D eigenvalue weighted by Crippen LogP contribution is -2.13. The van der Waals surface area contributed by atoms with Crippen LogP contribution in [0.5, 0.6) is 0 Å². The van der Waals surface area contributed by atoms with Crippen LogP contribution in [0.2, 0.25) is 0 Å². The molecule has 3 aromatic heterocycles. The van der Waals surface area contributed by atoms with Gasteiger partial charge in [-0.1, -0.05) is 18.2 Å². The van der Waals surface area contributed by atoms with Gasteiger partial charge in [-0.25, -0.2) is 19.4 Å². The van der Waals surface area contributed by atoms with Crippen molar-refractivity contribution in [3.63, 3.8) is 0 Å². The smallest absolute Gasteiger partial charge is 0.411 e. The molecule has 0 aliphatic carbocycles. The SMILES string of the molecule is CCOC(=O)Nc1ccc2c(COC(=O)c3cc(-c4ccc(C)o4)nc4ccccc34)cc(=O)oc2c1. The van der Waals surface area contributed by atoms with Gasteiger partial charge in [-0.05, 0) is 50.2 Å². The van der Waals surface area contributed by atoms with Crippen LogP contribution in [-0.2, 0) is 16.1 Å². The Morgan fingerprint density at radius 3 is 2.57 bits per heavy atom. The Balaban J connectivity index is 1.44. The van der Waals surface area contributed by atoms with Gasteiger partial charge in [-0.2, -0.15) is 0 Å². The summed E-state index contributed by atoms with van der Waals surface area (Å²) in [7, 11) is 0. The molecule has 0 saturated heterocycles. The van der Waals surface area contributed by atoms with Crippen molar-refractivity contribution < 1.29 is 27.9 Å². The van der Waals surface area contributed by atoms with E-state index in [1.807, 2.05) is 31.2 Å². The van der Waals surface area contributed by atoms with Gasteiger partial charge < -0.3 is 18.3 Å². The summed E-state index contributed by atoms with van der Waals surface area (Å²) in [6.07, 6.45) is -0.622. The van der Waals surface area contributed by atoms with E-state index in [1.165, 1.54) is 12.1 Å². The van der Waals surface area contributed by atoms with Crippen LogP contribution in [0.1, 0.15) is 28.6 Å². The van der Waals surface area contributed by atoms with Gasteiger partial charge in [0.2, 0.25) is 0 Å². The molecular formula is C28H22N2O7. The highest BCUT2D eigenvalue weighted by atomic mass is 16.5. The zero-order valence-electron chi connectivity index (χ0n) is 20.1. The van der Waals surface area contributed by atoms with E-state index in [4.69, 9.17) is 18.3 Å². The Kier molecular flexibility index (Phi) is 6.42. The number of nitrogens with zero attached hydrogens (tertiary/aromatic N) is 1. The summed E-state index contributed by atoms with van der Waals surface area (Å²) in [4.78, 5) is 41.8. The van der Waals surface area contributed by atoms with E-state index in [1.54, 1.807) is 37.3 Å². The first-order chi connectivity index (χ1) is 17.9. The van der Waals surface area contributed by atoms with Crippen LogP contribution in [0.25, 0.3) is 33.3 Å². The fraction of sp³-hybridized carbons (Fsp3) is 0.143. The number of furan rings is 1.